The van der Waals surface area contributed by atoms with Gasteiger partial charge in [0.15, 0.2) is 6.10 Å². The van der Waals surface area contributed by atoms with Crippen molar-refractivity contribution in [2.24, 2.45) is 0 Å². The lowest BCUT2D eigenvalue weighted by atomic mass is 9.97. The van der Waals surface area contributed by atoms with Crippen LogP contribution in [0.3, 0.4) is 0 Å². The first-order valence-corrected chi connectivity index (χ1v) is 26.3. The minimum absolute atomic E-state index is 0. The van der Waals surface area contributed by atoms with Gasteiger partial charge in [0.05, 0.1) is 43.2 Å². The lowest BCUT2D eigenvalue weighted by Gasteiger charge is -2.37. The molecular weight excluding hydrogens is 803 g/mol. The number of carbonyl (C=O) groups excluding carboxylic acids is 3. The maximum Gasteiger partial charge on any atom is 0.337 e. The molecule has 3 aromatic carbocycles. The summed E-state index contributed by atoms with van der Waals surface area (Å²) in [5, 5.41) is 3.56. The highest BCUT2D eigenvalue weighted by Crippen LogP contribution is 2.41. The standard InChI is InChI=1S/C27H39NO4Si.C21H32O5Si.CH4/c1-11-31-26(29)20(4)25(28-22-15-12-18(2)16-24(22)30-8)21-14-13-19(3)23(17-21)32-33(9,10)27(5,6)7;1-10-24-20(23)15(3)19(25-16(4)22)17-12-11-14(2)18(13-17)26-27(8,9)21(5,6)7;/h12-17,25,28H,4,11H2,1-3,5-10H3;11-13,19H,3,10H2,1-2,4-9H3;1H4/t25-;;/m1../s1. The van der Waals surface area contributed by atoms with Crippen molar-refractivity contribution < 1.29 is 42.2 Å². The summed E-state index contributed by atoms with van der Waals surface area (Å²) in [6.45, 7) is 41.1. The zero-order valence-corrected chi connectivity index (χ0v) is 41.4. The van der Waals surface area contributed by atoms with E-state index in [4.69, 9.17) is 27.8 Å². The van der Waals surface area contributed by atoms with Gasteiger partial charge in [0.1, 0.15) is 17.2 Å². The van der Waals surface area contributed by atoms with Crippen LogP contribution in [0.1, 0.15) is 110 Å². The number of anilines is 1. The molecule has 0 amide bonds. The van der Waals surface area contributed by atoms with Crippen molar-refractivity contribution >= 4 is 40.2 Å². The quantitative estimate of drug-likeness (QED) is 0.0645. The maximum atomic E-state index is 12.7. The first-order valence-electron chi connectivity index (χ1n) is 20.5. The molecule has 0 fully saturated rings. The molecule has 0 aliphatic rings. The van der Waals surface area contributed by atoms with Crippen molar-refractivity contribution in [2.45, 2.75) is 139 Å². The fourth-order valence-corrected chi connectivity index (χ4v) is 7.43. The van der Waals surface area contributed by atoms with Crippen LogP contribution in [0.15, 0.2) is 78.9 Å². The van der Waals surface area contributed by atoms with Gasteiger partial charge < -0.3 is 33.1 Å². The van der Waals surface area contributed by atoms with E-state index in [9.17, 15) is 14.4 Å². The summed E-state index contributed by atoms with van der Waals surface area (Å²) in [6, 6.07) is 17.0. The summed E-state index contributed by atoms with van der Waals surface area (Å²) in [6.07, 6.45) is -0.913. The molecule has 1 unspecified atom stereocenters. The van der Waals surface area contributed by atoms with Gasteiger partial charge in [-0.2, -0.15) is 0 Å². The molecule has 12 heteroatoms. The Morgan fingerprint density at radius 1 is 0.672 bits per heavy atom. The van der Waals surface area contributed by atoms with Crippen molar-refractivity contribution in [3.8, 4) is 17.2 Å². The van der Waals surface area contributed by atoms with Crippen LogP contribution in [0.4, 0.5) is 5.69 Å². The fourth-order valence-electron chi connectivity index (χ4n) is 5.28. The minimum Gasteiger partial charge on any atom is -0.543 e. The minimum atomic E-state index is -2.05. The van der Waals surface area contributed by atoms with Crippen LogP contribution in [0, 0.1) is 20.8 Å². The van der Waals surface area contributed by atoms with Gasteiger partial charge in [-0.15, -0.1) is 0 Å². The van der Waals surface area contributed by atoms with E-state index in [1.165, 1.54) is 6.92 Å². The van der Waals surface area contributed by atoms with E-state index in [0.717, 1.165) is 39.4 Å². The van der Waals surface area contributed by atoms with Gasteiger partial charge in [-0.25, -0.2) is 9.59 Å². The number of benzene rings is 3. The number of hydrogen-bond donors (Lipinski definition) is 1. The van der Waals surface area contributed by atoms with Gasteiger partial charge in [-0.3, -0.25) is 4.79 Å². The number of esters is 3. The average Bonchev–Trinajstić information content (AvgIpc) is 3.14. The molecule has 2 atom stereocenters. The Morgan fingerprint density at radius 2 is 1.11 bits per heavy atom. The Labute approximate surface area is 369 Å². The summed E-state index contributed by atoms with van der Waals surface area (Å²) in [4.78, 5) is 36.3. The summed E-state index contributed by atoms with van der Waals surface area (Å²) in [5.41, 5.74) is 5.78. The molecule has 10 nitrogen and oxygen atoms in total. The monoisotopic (exact) mass is 877 g/mol. The number of nitrogens with one attached hydrogen (secondary N) is 1. The Kier molecular flexibility index (Phi) is 19.8. The van der Waals surface area contributed by atoms with Crippen molar-refractivity contribution in [1.82, 2.24) is 0 Å². The summed E-state index contributed by atoms with van der Waals surface area (Å²) < 4.78 is 34.3. The predicted molar refractivity (Wildman–Crippen MR) is 255 cm³/mol. The topological polar surface area (TPSA) is 119 Å². The molecular formula is C49H75NO9Si2. The van der Waals surface area contributed by atoms with Crippen molar-refractivity contribution in [3.05, 3.63) is 107 Å². The van der Waals surface area contributed by atoms with Crippen LogP contribution < -0.4 is 18.9 Å². The molecule has 0 aliphatic carbocycles. The molecule has 3 aromatic rings. The van der Waals surface area contributed by atoms with Crippen molar-refractivity contribution in [3.63, 3.8) is 0 Å². The van der Waals surface area contributed by atoms with E-state index in [2.05, 4.69) is 86.2 Å². The van der Waals surface area contributed by atoms with Crippen molar-refractivity contribution in [2.75, 3.05) is 25.6 Å². The summed E-state index contributed by atoms with van der Waals surface area (Å²) in [7, 11) is -2.47. The summed E-state index contributed by atoms with van der Waals surface area (Å²) >= 11 is 0. The number of methoxy groups -OCH3 is 1. The predicted octanol–water partition coefficient (Wildman–Crippen LogP) is 12.7. The zero-order chi connectivity index (χ0) is 46.0. The third kappa shape index (κ3) is 14.9. The molecule has 3 rings (SSSR count). The highest BCUT2D eigenvalue weighted by Gasteiger charge is 2.40. The molecule has 0 aliphatic heterocycles. The number of aryl methyl sites for hydroxylation is 3. The van der Waals surface area contributed by atoms with E-state index >= 15 is 0 Å². The van der Waals surface area contributed by atoms with E-state index in [1.54, 1.807) is 21.0 Å². The molecule has 1 N–H and O–H groups in total. The highest BCUT2D eigenvalue weighted by molar-refractivity contribution is 6.75. The second kappa shape index (κ2) is 22.3. The van der Waals surface area contributed by atoms with Crippen molar-refractivity contribution in [1.29, 1.82) is 0 Å². The maximum absolute atomic E-state index is 12.7. The second-order valence-corrected chi connectivity index (χ2v) is 27.5. The van der Waals surface area contributed by atoms with Crippen LogP contribution in [-0.4, -0.2) is 54.9 Å². The van der Waals surface area contributed by atoms with E-state index in [1.807, 2.05) is 75.4 Å². The van der Waals surface area contributed by atoms with E-state index < -0.39 is 46.7 Å². The van der Waals surface area contributed by atoms with Gasteiger partial charge >= 0.3 is 17.9 Å². The van der Waals surface area contributed by atoms with E-state index in [-0.39, 0.29) is 36.3 Å². The molecule has 338 valence electrons. The van der Waals surface area contributed by atoms with Gasteiger partial charge in [0, 0.05) is 12.5 Å². The molecule has 0 spiro atoms. The lowest BCUT2D eigenvalue weighted by molar-refractivity contribution is -0.148. The van der Waals surface area contributed by atoms with Gasteiger partial charge in [0.25, 0.3) is 0 Å². The fraction of sp³-hybridized carbons (Fsp3) is 0.490. The molecule has 61 heavy (non-hydrogen) atoms. The van der Waals surface area contributed by atoms with E-state index in [0.29, 0.717) is 16.9 Å². The molecule has 0 aromatic heterocycles. The number of hydrogen-bond acceptors (Lipinski definition) is 10. The molecule has 0 radical (unpaired) electrons. The third-order valence-electron chi connectivity index (χ3n) is 11.1. The van der Waals surface area contributed by atoms with Crippen LogP contribution in [0.25, 0.3) is 0 Å². The van der Waals surface area contributed by atoms with Gasteiger partial charge in [0.2, 0.25) is 16.6 Å². The average molecular weight is 878 g/mol. The zero-order valence-electron chi connectivity index (χ0n) is 39.4. The van der Waals surface area contributed by atoms with Crippen LogP contribution >= 0.6 is 0 Å². The van der Waals surface area contributed by atoms with Crippen LogP contribution in [0.2, 0.25) is 36.3 Å². The second-order valence-electron chi connectivity index (χ2n) is 18.0. The SMILES string of the molecule is C.C=C(C(=O)OCC)C(OC(C)=O)c1ccc(C)c(O[Si](C)(C)C(C)(C)C)c1.C=C(C(=O)OCC)[C@@H](Nc1ccc(C)cc1OC)c1ccc(C)c(O[Si](C)(C)C(C)(C)C)c1. The first-order chi connectivity index (χ1) is 27.6. The Bertz CT molecular complexity index is 2010. The largest absolute Gasteiger partial charge is 0.543 e. The molecule has 0 heterocycles. The molecule has 0 saturated carbocycles. The van der Waals surface area contributed by atoms with Crippen LogP contribution in [-0.2, 0) is 28.6 Å². The summed E-state index contributed by atoms with van der Waals surface area (Å²) in [5.74, 6) is 0.732. The lowest BCUT2D eigenvalue weighted by Crippen LogP contribution is -2.44. The highest BCUT2D eigenvalue weighted by atomic mass is 28.4. The first kappa shape index (κ1) is 54.2. The number of carbonyl (C=O) groups is 3. The third-order valence-corrected chi connectivity index (χ3v) is 19.8. The van der Waals surface area contributed by atoms with Gasteiger partial charge in [-0.05, 0) is 117 Å². The molecule has 0 saturated heterocycles. The number of ether oxygens (including phenoxy) is 4. The normalized spacial score (nSPS) is 12.5. The smallest absolute Gasteiger partial charge is 0.337 e. The van der Waals surface area contributed by atoms with Gasteiger partial charge in [-0.1, -0.05) is 92.5 Å². The Morgan fingerprint density at radius 3 is 1.54 bits per heavy atom. The Balaban J connectivity index is 0.000000613. The van der Waals surface area contributed by atoms with Crippen LogP contribution in [0.5, 0.6) is 17.2 Å². The molecule has 0 bridgehead atoms. The number of rotatable bonds is 16. The Hall–Kier alpha value is -4.82.